The van der Waals surface area contributed by atoms with E-state index in [9.17, 15) is 4.79 Å². The minimum Gasteiger partial charge on any atom is -0.339 e. The number of amides is 1. The molecule has 1 aliphatic rings. The predicted molar refractivity (Wildman–Crippen MR) is 102 cm³/mol. The van der Waals surface area contributed by atoms with Crippen molar-refractivity contribution < 1.29 is 9.32 Å². The number of anilines is 1. The molecule has 6 heteroatoms. The van der Waals surface area contributed by atoms with Gasteiger partial charge in [0.25, 0.3) is 0 Å². The number of benzene rings is 1. The third-order valence-electron chi connectivity index (χ3n) is 5.00. The summed E-state index contributed by atoms with van der Waals surface area (Å²) in [5, 5.41) is 7.15. The molecule has 138 valence electrons. The van der Waals surface area contributed by atoms with Gasteiger partial charge in [0.2, 0.25) is 17.6 Å². The Bertz CT molecular complexity index is 901. The summed E-state index contributed by atoms with van der Waals surface area (Å²) in [6.07, 6.45) is 9.33. The van der Waals surface area contributed by atoms with Crippen molar-refractivity contribution in [3.05, 3.63) is 60.2 Å². The standard InChI is InChI=1S/C21H22N4O2/c26-21(16-6-2-1-3-7-16)23-18-9-5-4-8-17(18)14-19-24-20(25-27-19)15-10-12-22-13-11-15/h4-5,8-13,16H,1-3,6-7,14H2,(H,23,26). The lowest BCUT2D eigenvalue weighted by atomic mass is 9.88. The topological polar surface area (TPSA) is 80.9 Å². The summed E-state index contributed by atoms with van der Waals surface area (Å²) in [7, 11) is 0. The highest BCUT2D eigenvalue weighted by molar-refractivity contribution is 5.93. The molecular formula is C21H22N4O2. The first kappa shape index (κ1) is 17.4. The summed E-state index contributed by atoms with van der Waals surface area (Å²) in [6, 6.07) is 11.5. The van der Waals surface area contributed by atoms with E-state index in [-0.39, 0.29) is 11.8 Å². The summed E-state index contributed by atoms with van der Waals surface area (Å²) in [5.41, 5.74) is 2.64. The average Bonchev–Trinajstić information content (AvgIpc) is 3.19. The van der Waals surface area contributed by atoms with Gasteiger partial charge in [0.15, 0.2) is 0 Å². The third-order valence-corrected chi connectivity index (χ3v) is 5.00. The predicted octanol–water partition coefficient (Wildman–Crippen LogP) is 4.24. The van der Waals surface area contributed by atoms with Gasteiger partial charge in [-0.25, -0.2) is 0 Å². The van der Waals surface area contributed by atoms with E-state index in [0.29, 0.717) is 18.1 Å². The number of pyridine rings is 1. The van der Waals surface area contributed by atoms with E-state index in [0.717, 1.165) is 42.5 Å². The summed E-state index contributed by atoms with van der Waals surface area (Å²) < 4.78 is 5.41. The van der Waals surface area contributed by atoms with Crippen LogP contribution in [0.4, 0.5) is 5.69 Å². The van der Waals surface area contributed by atoms with Crippen molar-refractivity contribution >= 4 is 11.6 Å². The molecule has 0 bridgehead atoms. The largest absolute Gasteiger partial charge is 0.339 e. The molecule has 3 aromatic rings. The number of rotatable bonds is 5. The summed E-state index contributed by atoms with van der Waals surface area (Å²) in [4.78, 5) is 21.1. The second-order valence-electron chi connectivity index (χ2n) is 6.91. The van der Waals surface area contributed by atoms with Crippen LogP contribution in [0.5, 0.6) is 0 Å². The van der Waals surface area contributed by atoms with Crippen LogP contribution in [0.3, 0.4) is 0 Å². The van der Waals surface area contributed by atoms with Gasteiger partial charge in [0, 0.05) is 29.6 Å². The Morgan fingerprint density at radius 2 is 1.85 bits per heavy atom. The molecule has 1 amide bonds. The second kappa shape index (κ2) is 8.12. The van der Waals surface area contributed by atoms with E-state index in [1.54, 1.807) is 12.4 Å². The van der Waals surface area contributed by atoms with Gasteiger partial charge in [0.05, 0.1) is 6.42 Å². The maximum Gasteiger partial charge on any atom is 0.231 e. The third kappa shape index (κ3) is 4.22. The molecule has 1 N–H and O–H groups in total. The summed E-state index contributed by atoms with van der Waals surface area (Å²) in [6.45, 7) is 0. The zero-order valence-corrected chi connectivity index (χ0v) is 15.1. The van der Waals surface area contributed by atoms with E-state index in [2.05, 4.69) is 20.4 Å². The first-order valence-electron chi connectivity index (χ1n) is 9.41. The van der Waals surface area contributed by atoms with Crippen LogP contribution in [-0.2, 0) is 11.2 Å². The number of nitrogens with zero attached hydrogens (tertiary/aromatic N) is 3. The molecule has 1 fully saturated rings. The number of aromatic nitrogens is 3. The lowest BCUT2D eigenvalue weighted by Gasteiger charge is -2.21. The fourth-order valence-electron chi connectivity index (χ4n) is 3.50. The molecule has 27 heavy (non-hydrogen) atoms. The summed E-state index contributed by atoms with van der Waals surface area (Å²) >= 11 is 0. The molecule has 1 aliphatic carbocycles. The Labute approximate surface area is 158 Å². The highest BCUT2D eigenvalue weighted by atomic mass is 16.5. The smallest absolute Gasteiger partial charge is 0.231 e. The maximum atomic E-state index is 12.6. The molecule has 1 aromatic carbocycles. The number of nitrogens with one attached hydrogen (secondary N) is 1. The first-order chi connectivity index (χ1) is 13.3. The molecule has 6 nitrogen and oxygen atoms in total. The van der Waals surface area contributed by atoms with Crippen molar-refractivity contribution in [2.75, 3.05) is 5.32 Å². The number of carbonyl (C=O) groups excluding carboxylic acids is 1. The quantitative estimate of drug-likeness (QED) is 0.734. The molecule has 0 aliphatic heterocycles. The Morgan fingerprint density at radius 1 is 1.07 bits per heavy atom. The Hall–Kier alpha value is -3.02. The van der Waals surface area contributed by atoms with E-state index < -0.39 is 0 Å². The Balaban J connectivity index is 1.48. The van der Waals surface area contributed by atoms with Crippen LogP contribution in [-0.4, -0.2) is 21.0 Å². The van der Waals surface area contributed by atoms with Gasteiger partial charge >= 0.3 is 0 Å². The second-order valence-corrected chi connectivity index (χ2v) is 6.91. The molecule has 0 radical (unpaired) electrons. The zero-order valence-electron chi connectivity index (χ0n) is 15.1. The van der Waals surface area contributed by atoms with E-state index >= 15 is 0 Å². The van der Waals surface area contributed by atoms with Crippen molar-refractivity contribution in [3.63, 3.8) is 0 Å². The zero-order chi connectivity index (χ0) is 18.5. The van der Waals surface area contributed by atoms with E-state index in [1.807, 2.05) is 36.4 Å². The van der Waals surface area contributed by atoms with Crippen molar-refractivity contribution in [3.8, 4) is 11.4 Å². The van der Waals surface area contributed by atoms with Crippen molar-refractivity contribution in [1.29, 1.82) is 0 Å². The van der Waals surface area contributed by atoms with Gasteiger partial charge < -0.3 is 9.84 Å². The van der Waals surface area contributed by atoms with Gasteiger partial charge in [-0.1, -0.05) is 42.6 Å². The van der Waals surface area contributed by atoms with Gasteiger partial charge in [0.1, 0.15) is 0 Å². The Morgan fingerprint density at radius 3 is 2.67 bits per heavy atom. The van der Waals surface area contributed by atoms with Crippen molar-refractivity contribution in [1.82, 2.24) is 15.1 Å². The lowest BCUT2D eigenvalue weighted by Crippen LogP contribution is -2.25. The molecule has 0 atom stereocenters. The number of para-hydroxylation sites is 1. The molecular weight excluding hydrogens is 340 g/mol. The first-order valence-corrected chi connectivity index (χ1v) is 9.41. The normalized spacial score (nSPS) is 14.8. The van der Waals surface area contributed by atoms with Crippen LogP contribution in [0.15, 0.2) is 53.3 Å². The molecule has 0 saturated heterocycles. The number of hydrogen-bond donors (Lipinski definition) is 1. The highest BCUT2D eigenvalue weighted by Gasteiger charge is 2.22. The van der Waals surface area contributed by atoms with Crippen LogP contribution < -0.4 is 5.32 Å². The lowest BCUT2D eigenvalue weighted by molar-refractivity contribution is -0.120. The van der Waals surface area contributed by atoms with Crippen LogP contribution in [0.25, 0.3) is 11.4 Å². The molecule has 2 heterocycles. The van der Waals surface area contributed by atoms with Crippen molar-refractivity contribution in [2.24, 2.45) is 5.92 Å². The number of carbonyl (C=O) groups is 1. The van der Waals surface area contributed by atoms with Crippen LogP contribution >= 0.6 is 0 Å². The maximum absolute atomic E-state index is 12.6. The van der Waals surface area contributed by atoms with Crippen molar-refractivity contribution in [2.45, 2.75) is 38.5 Å². The van der Waals surface area contributed by atoms with Gasteiger partial charge in [-0.05, 0) is 36.6 Å². The molecule has 4 rings (SSSR count). The SMILES string of the molecule is O=C(Nc1ccccc1Cc1nc(-c2ccncc2)no1)C1CCCCC1. The Kier molecular flexibility index (Phi) is 5.23. The minimum atomic E-state index is 0.116. The van der Waals surface area contributed by atoms with E-state index in [1.165, 1.54) is 6.42 Å². The molecule has 1 saturated carbocycles. The van der Waals surface area contributed by atoms with Crippen LogP contribution in [0.1, 0.15) is 43.6 Å². The number of hydrogen-bond acceptors (Lipinski definition) is 5. The minimum absolute atomic E-state index is 0.116. The molecule has 0 spiro atoms. The van der Waals surface area contributed by atoms with Gasteiger partial charge in [-0.15, -0.1) is 0 Å². The van der Waals surface area contributed by atoms with Crippen LogP contribution in [0.2, 0.25) is 0 Å². The fourth-order valence-corrected chi connectivity index (χ4v) is 3.50. The fraction of sp³-hybridized carbons (Fsp3) is 0.333. The molecule has 2 aromatic heterocycles. The van der Waals surface area contributed by atoms with Gasteiger partial charge in [-0.3, -0.25) is 9.78 Å². The van der Waals surface area contributed by atoms with Gasteiger partial charge in [-0.2, -0.15) is 4.98 Å². The average molecular weight is 362 g/mol. The van der Waals surface area contributed by atoms with Crippen LogP contribution in [0, 0.1) is 5.92 Å². The van der Waals surface area contributed by atoms with E-state index in [4.69, 9.17) is 4.52 Å². The molecule has 0 unspecified atom stereocenters. The highest BCUT2D eigenvalue weighted by Crippen LogP contribution is 2.26. The summed E-state index contributed by atoms with van der Waals surface area (Å²) in [5.74, 6) is 1.29. The monoisotopic (exact) mass is 362 g/mol.